The average Bonchev–Trinajstić information content (AvgIpc) is 3.17. The Labute approximate surface area is 164 Å². The standard InChI is InChI=1S/C18H22F3N3O3S/c1-17(2,3)23-15(25)24(10-12-5-4-8-26-12)16-22-13-7-6-11(9-14(13)28-16)27-18(19,20)21/h6-7,9,12H,4-5,8,10H2,1-3H3,(H,23,25). The largest absolute Gasteiger partial charge is 0.573 e. The van der Waals surface area contributed by atoms with Crippen molar-refractivity contribution in [3.63, 3.8) is 0 Å². The molecule has 1 unspecified atom stereocenters. The van der Waals surface area contributed by atoms with Crippen LogP contribution in [0.2, 0.25) is 0 Å². The lowest BCUT2D eigenvalue weighted by Gasteiger charge is -2.28. The molecule has 1 aliphatic rings. The Morgan fingerprint density at radius 2 is 2.14 bits per heavy atom. The van der Waals surface area contributed by atoms with Crippen molar-refractivity contribution in [1.82, 2.24) is 10.3 Å². The highest BCUT2D eigenvalue weighted by Crippen LogP contribution is 2.34. The molecule has 28 heavy (non-hydrogen) atoms. The molecule has 0 radical (unpaired) electrons. The molecule has 1 aromatic heterocycles. The molecule has 0 aliphatic carbocycles. The molecule has 3 rings (SSSR count). The number of ether oxygens (including phenoxy) is 2. The lowest BCUT2D eigenvalue weighted by Crippen LogP contribution is -2.50. The topological polar surface area (TPSA) is 63.7 Å². The first-order valence-corrected chi connectivity index (χ1v) is 9.69. The van der Waals surface area contributed by atoms with E-state index in [9.17, 15) is 18.0 Å². The van der Waals surface area contributed by atoms with E-state index in [0.29, 0.717) is 28.5 Å². The van der Waals surface area contributed by atoms with Gasteiger partial charge in [-0.15, -0.1) is 13.2 Å². The van der Waals surface area contributed by atoms with E-state index in [1.807, 2.05) is 20.8 Å². The second-order valence-corrected chi connectivity index (χ2v) is 8.61. The molecule has 1 atom stereocenters. The van der Waals surface area contributed by atoms with Gasteiger partial charge in [0.25, 0.3) is 0 Å². The third-order valence-electron chi connectivity index (χ3n) is 3.95. The highest BCUT2D eigenvalue weighted by Gasteiger charge is 2.32. The molecule has 2 heterocycles. The Bertz CT molecular complexity index is 842. The van der Waals surface area contributed by atoms with Gasteiger partial charge < -0.3 is 14.8 Å². The van der Waals surface area contributed by atoms with Crippen LogP contribution in [0.3, 0.4) is 0 Å². The molecule has 1 N–H and O–H groups in total. The number of urea groups is 1. The molecule has 0 bridgehead atoms. The van der Waals surface area contributed by atoms with Crippen LogP contribution in [0.5, 0.6) is 5.75 Å². The van der Waals surface area contributed by atoms with E-state index in [1.54, 1.807) is 0 Å². The number of aromatic nitrogens is 1. The van der Waals surface area contributed by atoms with Crippen LogP contribution in [-0.2, 0) is 4.74 Å². The average molecular weight is 417 g/mol. The number of hydrogen-bond acceptors (Lipinski definition) is 5. The Balaban J connectivity index is 1.89. The Hall–Kier alpha value is -2.07. The number of rotatable bonds is 4. The Morgan fingerprint density at radius 3 is 2.75 bits per heavy atom. The zero-order chi connectivity index (χ0) is 20.5. The van der Waals surface area contributed by atoms with Gasteiger partial charge >= 0.3 is 12.4 Å². The summed E-state index contributed by atoms with van der Waals surface area (Å²) in [5.41, 5.74) is 0.0476. The molecule has 6 nitrogen and oxygen atoms in total. The highest BCUT2D eigenvalue weighted by atomic mass is 32.1. The molecule has 2 aromatic rings. The zero-order valence-electron chi connectivity index (χ0n) is 15.8. The lowest BCUT2D eigenvalue weighted by atomic mass is 10.1. The predicted molar refractivity (Wildman–Crippen MR) is 101 cm³/mol. The molecular weight excluding hydrogens is 395 g/mol. The van der Waals surface area contributed by atoms with Gasteiger partial charge in [0.05, 0.1) is 22.9 Å². The number of nitrogens with zero attached hydrogens (tertiary/aromatic N) is 2. The monoisotopic (exact) mass is 417 g/mol. The summed E-state index contributed by atoms with van der Waals surface area (Å²) in [5.74, 6) is -0.319. The molecule has 2 amide bonds. The molecule has 154 valence electrons. The number of thiazole rings is 1. The maximum Gasteiger partial charge on any atom is 0.573 e. The van der Waals surface area contributed by atoms with Gasteiger partial charge in [0.15, 0.2) is 5.13 Å². The fourth-order valence-corrected chi connectivity index (χ4v) is 3.84. The molecule has 0 saturated carbocycles. The summed E-state index contributed by atoms with van der Waals surface area (Å²) in [7, 11) is 0. The van der Waals surface area contributed by atoms with E-state index in [4.69, 9.17) is 4.74 Å². The minimum atomic E-state index is -4.76. The Morgan fingerprint density at radius 1 is 1.39 bits per heavy atom. The molecule has 10 heteroatoms. The number of carbonyl (C=O) groups excluding carboxylic acids is 1. The molecule has 0 spiro atoms. The minimum absolute atomic E-state index is 0.0955. The number of benzene rings is 1. The summed E-state index contributed by atoms with van der Waals surface area (Å²) in [6, 6.07) is 3.60. The first-order chi connectivity index (χ1) is 13.0. The van der Waals surface area contributed by atoms with Crippen LogP contribution in [0.25, 0.3) is 10.2 Å². The van der Waals surface area contributed by atoms with Crippen LogP contribution in [0.1, 0.15) is 33.6 Å². The summed E-state index contributed by atoms with van der Waals surface area (Å²) < 4.78 is 47.5. The van der Waals surface area contributed by atoms with Crippen molar-refractivity contribution in [2.45, 2.75) is 51.6 Å². The van der Waals surface area contributed by atoms with Crippen molar-refractivity contribution >= 4 is 32.7 Å². The van der Waals surface area contributed by atoms with Gasteiger partial charge in [-0.2, -0.15) is 0 Å². The maximum absolute atomic E-state index is 12.8. The maximum atomic E-state index is 12.8. The SMILES string of the molecule is CC(C)(C)NC(=O)N(CC1CCCO1)c1nc2ccc(OC(F)(F)F)cc2s1. The number of fused-ring (bicyclic) bond motifs is 1. The van der Waals surface area contributed by atoms with E-state index in [0.717, 1.165) is 24.2 Å². The van der Waals surface area contributed by atoms with Gasteiger partial charge in [0, 0.05) is 18.2 Å². The molecular formula is C18H22F3N3O3S. The number of amides is 2. The fraction of sp³-hybridized carbons (Fsp3) is 0.556. The summed E-state index contributed by atoms with van der Waals surface area (Å²) >= 11 is 1.13. The van der Waals surface area contributed by atoms with Gasteiger partial charge in [-0.25, -0.2) is 9.78 Å². The second-order valence-electron chi connectivity index (χ2n) is 7.60. The summed E-state index contributed by atoms with van der Waals surface area (Å²) in [4.78, 5) is 18.8. The van der Waals surface area contributed by atoms with Crippen LogP contribution >= 0.6 is 11.3 Å². The van der Waals surface area contributed by atoms with E-state index in [1.165, 1.54) is 23.1 Å². The van der Waals surface area contributed by atoms with Gasteiger partial charge in [-0.3, -0.25) is 4.90 Å². The van der Waals surface area contributed by atoms with Crippen molar-refractivity contribution in [3.8, 4) is 5.75 Å². The first kappa shape index (κ1) is 20.7. The molecule has 1 fully saturated rings. The third-order valence-corrected chi connectivity index (χ3v) is 4.99. The number of alkyl halides is 3. The number of carbonyl (C=O) groups is 1. The first-order valence-electron chi connectivity index (χ1n) is 8.88. The van der Waals surface area contributed by atoms with E-state index in [2.05, 4.69) is 15.0 Å². The van der Waals surface area contributed by atoms with Gasteiger partial charge in [-0.1, -0.05) is 11.3 Å². The van der Waals surface area contributed by atoms with Crippen LogP contribution in [0, 0.1) is 0 Å². The zero-order valence-corrected chi connectivity index (χ0v) is 16.6. The summed E-state index contributed by atoms with van der Waals surface area (Å²) in [6.07, 6.45) is -3.09. The third kappa shape index (κ3) is 5.48. The normalized spacial score (nSPS) is 17.7. The van der Waals surface area contributed by atoms with E-state index >= 15 is 0 Å². The smallest absolute Gasteiger partial charge is 0.406 e. The van der Waals surface area contributed by atoms with Crippen molar-refractivity contribution in [2.75, 3.05) is 18.1 Å². The van der Waals surface area contributed by atoms with E-state index in [-0.39, 0.29) is 17.9 Å². The number of nitrogens with one attached hydrogen (secondary N) is 1. The van der Waals surface area contributed by atoms with E-state index < -0.39 is 11.9 Å². The number of hydrogen-bond donors (Lipinski definition) is 1. The predicted octanol–water partition coefficient (Wildman–Crippen LogP) is 4.69. The molecule has 1 aromatic carbocycles. The summed E-state index contributed by atoms with van der Waals surface area (Å²) in [5, 5.41) is 3.30. The minimum Gasteiger partial charge on any atom is -0.406 e. The van der Waals surface area contributed by atoms with Gasteiger partial charge in [0.1, 0.15) is 5.75 Å². The van der Waals surface area contributed by atoms with Crippen LogP contribution in [0.4, 0.5) is 23.1 Å². The van der Waals surface area contributed by atoms with Crippen LogP contribution in [-0.4, -0.2) is 42.2 Å². The van der Waals surface area contributed by atoms with Crippen molar-refractivity contribution in [1.29, 1.82) is 0 Å². The highest BCUT2D eigenvalue weighted by molar-refractivity contribution is 7.22. The quantitative estimate of drug-likeness (QED) is 0.784. The lowest BCUT2D eigenvalue weighted by molar-refractivity contribution is -0.274. The number of halogens is 3. The number of anilines is 1. The Kier molecular flexibility index (Phi) is 5.72. The van der Waals surface area contributed by atoms with Gasteiger partial charge in [-0.05, 0) is 45.7 Å². The molecule has 1 saturated heterocycles. The second kappa shape index (κ2) is 7.75. The fourth-order valence-electron chi connectivity index (χ4n) is 2.83. The van der Waals surface area contributed by atoms with Crippen molar-refractivity contribution < 1.29 is 27.4 Å². The molecule has 1 aliphatic heterocycles. The summed E-state index contributed by atoms with van der Waals surface area (Å²) in [6.45, 7) is 6.59. The van der Waals surface area contributed by atoms with Crippen molar-refractivity contribution in [2.24, 2.45) is 0 Å². The van der Waals surface area contributed by atoms with Crippen LogP contribution in [0.15, 0.2) is 18.2 Å². The van der Waals surface area contributed by atoms with Gasteiger partial charge in [0.2, 0.25) is 0 Å². The van der Waals surface area contributed by atoms with Crippen LogP contribution < -0.4 is 15.0 Å². The van der Waals surface area contributed by atoms with Crippen molar-refractivity contribution in [3.05, 3.63) is 18.2 Å².